The van der Waals surface area contributed by atoms with E-state index in [-0.39, 0.29) is 11.8 Å². The van der Waals surface area contributed by atoms with Crippen LogP contribution in [0.1, 0.15) is 27.6 Å². The first-order valence-electron chi connectivity index (χ1n) is 6.88. The number of thioether (sulfide) groups is 1. The molecule has 0 bridgehead atoms. The summed E-state index contributed by atoms with van der Waals surface area (Å²) in [6, 6.07) is 17.6. The van der Waals surface area contributed by atoms with Crippen molar-refractivity contribution in [1.82, 2.24) is 5.32 Å². The second kappa shape index (κ2) is 8.14. The van der Waals surface area contributed by atoms with Gasteiger partial charge in [-0.3, -0.25) is 9.59 Å². The number of hydrogen-bond donors (Lipinski definition) is 1. The third kappa shape index (κ3) is 4.56. The molecule has 0 atom stereocenters. The fourth-order valence-corrected chi connectivity index (χ4v) is 2.32. The summed E-state index contributed by atoms with van der Waals surface area (Å²) in [4.78, 5) is 28.2. The summed E-state index contributed by atoms with van der Waals surface area (Å²) in [5, 5.41) is 3.00. The molecule has 0 aliphatic carbocycles. The van der Waals surface area contributed by atoms with E-state index in [2.05, 4.69) is 10.3 Å². The number of nitrogens with zero attached hydrogens (tertiary/aromatic N) is 1. The second-order valence-corrected chi connectivity index (χ2v) is 5.59. The molecule has 0 heterocycles. The molecule has 22 heavy (non-hydrogen) atoms. The van der Waals surface area contributed by atoms with Crippen molar-refractivity contribution in [2.75, 3.05) is 5.75 Å². The molecule has 5 heteroatoms. The second-order valence-electron chi connectivity index (χ2n) is 4.34. The molecule has 0 radical (unpaired) electrons. The number of aliphatic imine (C=N–C) groups is 1. The number of amides is 2. The van der Waals surface area contributed by atoms with Crippen LogP contribution in [0.15, 0.2) is 65.7 Å². The Morgan fingerprint density at radius 3 is 2.05 bits per heavy atom. The van der Waals surface area contributed by atoms with E-state index in [0.29, 0.717) is 22.0 Å². The fourth-order valence-electron chi connectivity index (χ4n) is 1.73. The van der Waals surface area contributed by atoms with Crippen LogP contribution in [0, 0.1) is 0 Å². The van der Waals surface area contributed by atoms with Gasteiger partial charge in [0.1, 0.15) is 0 Å². The van der Waals surface area contributed by atoms with E-state index in [1.807, 2.05) is 19.1 Å². The molecule has 0 spiro atoms. The maximum Gasteiger partial charge on any atom is 0.279 e. The summed E-state index contributed by atoms with van der Waals surface area (Å²) < 4.78 is 0. The zero-order valence-electron chi connectivity index (χ0n) is 12.2. The van der Waals surface area contributed by atoms with Crippen LogP contribution < -0.4 is 5.32 Å². The number of amidine groups is 1. The minimum Gasteiger partial charge on any atom is -0.301 e. The van der Waals surface area contributed by atoms with Gasteiger partial charge in [-0.2, -0.15) is 4.99 Å². The van der Waals surface area contributed by atoms with E-state index in [4.69, 9.17) is 0 Å². The van der Waals surface area contributed by atoms with Crippen LogP contribution in [0.4, 0.5) is 0 Å². The summed E-state index contributed by atoms with van der Waals surface area (Å²) in [7, 11) is 0. The van der Waals surface area contributed by atoms with Crippen LogP contribution in [-0.2, 0) is 0 Å². The molecule has 0 aliphatic heterocycles. The summed E-state index contributed by atoms with van der Waals surface area (Å²) in [6.07, 6.45) is 0. The molecule has 0 aromatic heterocycles. The molecule has 0 unspecified atom stereocenters. The monoisotopic (exact) mass is 312 g/mol. The molecule has 112 valence electrons. The van der Waals surface area contributed by atoms with Gasteiger partial charge in [0.15, 0.2) is 5.17 Å². The molecule has 2 rings (SSSR count). The number of carbonyl (C=O) groups is 2. The zero-order chi connectivity index (χ0) is 15.8. The first kappa shape index (κ1) is 16.0. The minimum absolute atomic E-state index is 0.277. The van der Waals surface area contributed by atoms with Crippen molar-refractivity contribution in [3.05, 3.63) is 71.8 Å². The van der Waals surface area contributed by atoms with Crippen LogP contribution >= 0.6 is 11.8 Å². The Kier molecular flexibility index (Phi) is 5.91. The summed E-state index contributed by atoms with van der Waals surface area (Å²) in [5.74, 6) is 0.0572. The van der Waals surface area contributed by atoms with Crippen molar-refractivity contribution < 1.29 is 9.59 Å². The van der Waals surface area contributed by atoms with Crippen molar-refractivity contribution in [1.29, 1.82) is 0 Å². The summed E-state index contributed by atoms with van der Waals surface area (Å²) in [5.41, 5.74) is 1.02. The summed E-state index contributed by atoms with van der Waals surface area (Å²) in [6.45, 7) is 1.93. The molecule has 1 N–H and O–H groups in total. The van der Waals surface area contributed by atoms with Gasteiger partial charge in [-0.05, 0) is 30.0 Å². The molecule has 2 amide bonds. The lowest BCUT2D eigenvalue weighted by Gasteiger charge is -2.07. The van der Waals surface area contributed by atoms with Gasteiger partial charge in [0.2, 0.25) is 0 Å². The molecule has 4 nitrogen and oxygen atoms in total. The van der Waals surface area contributed by atoms with Gasteiger partial charge >= 0.3 is 0 Å². The van der Waals surface area contributed by atoms with Crippen molar-refractivity contribution >= 4 is 28.7 Å². The standard InChI is InChI=1S/C17H16N2O2S/c1-2-22-17(18-15(20)13-9-5-3-6-10-13)19-16(21)14-11-7-4-8-12-14/h3-12H,2H2,1H3,(H,18,19,20,21). The highest BCUT2D eigenvalue weighted by atomic mass is 32.2. The number of benzene rings is 2. The van der Waals surface area contributed by atoms with E-state index >= 15 is 0 Å². The van der Waals surface area contributed by atoms with E-state index in [1.54, 1.807) is 48.5 Å². The number of rotatable bonds is 3. The lowest BCUT2D eigenvalue weighted by Crippen LogP contribution is -2.29. The number of hydrogen-bond acceptors (Lipinski definition) is 3. The summed E-state index contributed by atoms with van der Waals surface area (Å²) >= 11 is 1.32. The molecule has 2 aromatic rings. The van der Waals surface area contributed by atoms with E-state index in [0.717, 1.165) is 0 Å². The van der Waals surface area contributed by atoms with Crippen molar-refractivity contribution in [3.8, 4) is 0 Å². The van der Waals surface area contributed by atoms with E-state index in [1.165, 1.54) is 11.8 Å². The Labute approximate surface area is 133 Å². The highest BCUT2D eigenvalue weighted by Crippen LogP contribution is 2.07. The molecule has 0 saturated carbocycles. The van der Waals surface area contributed by atoms with Crippen LogP contribution in [0.5, 0.6) is 0 Å². The first-order chi connectivity index (χ1) is 10.7. The lowest BCUT2D eigenvalue weighted by molar-refractivity contribution is 0.0978. The van der Waals surface area contributed by atoms with Gasteiger partial charge in [0.25, 0.3) is 11.8 Å². The normalized spacial score (nSPS) is 11.0. The van der Waals surface area contributed by atoms with Gasteiger partial charge in [0.05, 0.1) is 0 Å². The lowest BCUT2D eigenvalue weighted by atomic mass is 10.2. The van der Waals surface area contributed by atoms with Crippen molar-refractivity contribution in [3.63, 3.8) is 0 Å². The molecular weight excluding hydrogens is 296 g/mol. The molecular formula is C17H16N2O2S. The average molecular weight is 312 g/mol. The predicted molar refractivity (Wildman–Crippen MR) is 90.2 cm³/mol. The fraction of sp³-hybridized carbons (Fsp3) is 0.118. The molecule has 0 fully saturated rings. The third-order valence-electron chi connectivity index (χ3n) is 2.76. The Morgan fingerprint density at radius 2 is 1.50 bits per heavy atom. The highest BCUT2D eigenvalue weighted by Gasteiger charge is 2.11. The maximum atomic E-state index is 12.1. The van der Waals surface area contributed by atoms with E-state index in [9.17, 15) is 9.59 Å². The largest absolute Gasteiger partial charge is 0.301 e. The van der Waals surface area contributed by atoms with Gasteiger partial charge in [-0.1, -0.05) is 55.1 Å². The van der Waals surface area contributed by atoms with Gasteiger partial charge < -0.3 is 5.32 Å². The highest BCUT2D eigenvalue weighted by molar-refractivity contribution is 8.13. The van der Waals surface area contributed by atoms with Gasteiger partial charge in [0, 0.05) is 11.1 Å². The molecule has 0 saturated heterocycles. The zero-order valence-corrected chi connectivity index (χ0v) is 13.0. The Morgan fingerprint density at radius 1 is 0.955 bits per heavy atom. The number of nitrogens with one attached hydrogen (secondary N) is 1. The Bertz CT molecular complexity index is 670. The quantitative estimate of drug-likeness (QED) is 0.698. The topological polar surface area (TPSA) is 58.5 Å². The Hall–Kier alpha value is -2.40. The SMILES string of the molecule is CCSC(=NC(=O)c1ccccc1)NC(=O)c1ccccc1. The molecule has 0 aliphatic rings. The van der Waals surface area contributed by atoms with Crippen molar-refractivity contribution in [2.45, 2.75) is 6.92 Å². The predicted octanol–water partition coefficient (Wildman–Crippen LogP) is 3.37. The van der Waals surface area contributed by atoms with Crippen LogP contribution in [0.3, 0.4) is 0 Å². The van der Waals surface area contributed by atoms with Crippen molar-refractivity contribution in [2.24, 2.45) is 4.99 Å². The third-order valence-corrected chi connectivity index (χ3v) is 3.52. The van der Waals surface area contributed by atoms with Gasteiger partial charge in [-0.25, -0.2) is 0 Å². The number of carbonyl (C=O) groups excluding carboxylic acids is 2. The Balaban J connectivity index is 2.14. The van der Waals surface area contributed by atoms with Gasteiger partial charge in [-0.15, -0.1) is 0 Å². The average Bonchev–Trinajstić information content (AvgIpc) is 2.56. The smallest absolute Gasteiger partial charge is 0.279 e. The molecule has 2 aromatic carbocycles. The van der Waals surface area contributed by atoms with E-state index < -0.39 is 0 Å². The van der Waals surface area contributed by atoms with Crippen LogP contribution in [0.25, 0.3) is 0 Å². The minimum atomic E-state index is -0.370. The maximum absolute atomic E-state index is 12.1. The first-order valence-corrected chi connectivity index (χ1v) is 7.86. The van der Waals surface area contributed by atoms with Crippen LogP contribution in [-0.4, -0.2) is 22.7 Å². The van der Waals surface area contributed by atoms with Crippen LogP contribution in [0.2, 0.25) is 0 Å².